The van der Waals surface area contributed by atoms with Crippen molar-refractivity contribution in [1.29, 1.82) is 0 Å². The van der Waals surface area contributed by atoms with Gasteiger partial charge in [0.1, 0.15) is 0 Å². The van der Waals surface area contributed by atoms with Crippen molar-refractivity contribution in [2.45, 2.75) is 0 Å². The monoisotopic (exact) mass is 212 g/mol. The number of anilines is 1. The highest BCUT2D eigenvalue weighted by Gasteiger charge is 2.05. The van der Waals surface area contributed by atoms with E-state index in [9.17, 15) is 4.79 Å². The Balaban J connectivity index is 2.65. The third kappa shape index (κ3) is 3.01. The van der Waals surface area contributed by atoms with Gasteiger partial charge in [0, 0.05) is 17.8 Å². The van der Waals surface area contributed by atoms with Gasteiger partial charge >= 0.3 is 0 Å². The quantitative estimate of drug-likeness (QED) is 0.819. The zero-order valence-electron chi connectivity index (χ0n) is 8.03. The summed E-state index contributed by atoms with van der Waals surface area (Å²) in [6.45, 7) is 0.413. The summed E-state index contributed by atoms with van der Waals surface area (Å²) in [5.41, 5.74) is 6.18. The average molecular weight is 213 g/mol. The maximum Gasteiger partial charge on any atom is 0.165 e. The minimum absolute atomic E-state index is 0.0162. The molecular formula is C10H13ClN2O. The van der Waals surface area contributed by atoms with Gasteiger partial charge in [-0.3, -0.25) is 4.79 Å². The van der Waals surface area contributed by atoms with Crippen molar-refractivity contribution < 1.29 is 4.79 Å². The van der Waals surface area contributed by atoms with Gasteiger partial charge < -0.3 is 10.6 Å². The first-order valence-corrected chi connectivity index (χ1v) is 4.69. The number of halogens is 1. The number of carbonyl (C=O) groups excluding carboxylic acids is 1. The number of benzene rings is 1. The SMILES string of the molecule is CN(CC(=O)CN)c1ccc(Cl)cc1. The molecular weight excluding hydrogens is 200 g/mol. The van der Waals surface area contributed by atoms with Gasteiger partial charge in [0.15, 0.2) is 5.78 Å². The number of ketones is 1. The second-order valence-electron chi connectivity index (χ2n) is 3.08. The molecule has 0 saturated heterocycles. The van der Waals surface area contributed by atoms with Gasteiger partial charge in [-0.25, -0.2) is 0 Å². The number of Topliss-reactive ketones (excluding diaryl/α,β-unsaturated/α-hetero) is 1. The number of likely N-dealkylation sites (N-methyl/N-ethyl adjacent to an activating group) is 1. The zero-order chi connectivity index (χ0) is 10.6. The highest BCUT2D eigenvalue weighted by molar-refractivity contribution is 6.30. The van der Waals surface area contributed by atoms with E-state index in [2.05, 4.69) is 0 Å². The molecule has 2 N–H and O–H groups in total. The molecule has 4 heteroatoms. The van der Waals surface area contributed by atoms with E-state index < -0.39 is 0 Å². The molecule has 0 aromatic heterocycles. The predicted molar refractivity (Wildman–Crippen MR) is 58.8 cm³/mol. The second-order valence-corrected chi connectivity index (χ2v) is 3.51. The molecule has 76 valence electrons. The highest BCUT2D eigenvalue weighted by Crippen LogP contribution is 2.16. The molecule has 0 spiro atoms. The lowest BCUT2D eigenvalue weighted by atomic mass is 10.3. The standard InChI is InChI=1S/C10H13ClN2O/c1-13(7-10(14)6-12)9-4-2-8(11)3-5-9/h2-5H,6-7,12H2,1H3. The van der Waals surface area contributed by atoms with Crippen molar-refractivity contribution in [1.82, 2.24) is 0 Å². The van der Waals surface area contributed by atoms with Gasteiger partial charge in [-0.15, -0.1) is 0 Å². The minimum Gasteiger partial charge on any atom is -0.367 e. The summed E-state index contributed by atoms with van der Waals surface area (Å²) in [6.07, 6.45) is 0. The van der Waals surface area contributed by atoms with Gasteiger partial charge in [0.2, 0.25) is 0 Å². The summed E-state index contributed by atoms with van der Waals surface area (Å²) in [7, 11) is 1.84. The van der Waals surface area contributed by atoms with Crippen LogP contribution in [0.25, 0.3) is 0 Å². The van der Waals surface area contributed by atoms with E-state index >= 15 is 0 Å². The first-order chi connectivity index (χ1) is 6.63. The van der Waals surface area contributed by atoms with Crippen molar-refractivity contribution >= 4 is 23.1 Å². The average Bonchev–Trinajstić information content (AvgIpc) is 2.18. The van der Waals surface area contributed by atoms with Crippen LogP contribution in [0.3, 0.4) is 0 Å². The molecule has 14 heavy (non-hydrogen) atoms. The van der Waals surface area contributed by atoms with E-state index in [1.165, 1.54) is 0 Å². The molecule has 0 bridgehead atoms. The molecule has 0 unspecified atom stereocenters. The summed E-state index contributed by atoms with van der Waals surface area (Å²) >= 11 is 5.74. The first kappa shape index (κ1) is 11.0. The first-order valence-electron chi connectivity index (χ1n) is 4.32. The Morgan fingerprint density at radius 2 is 2.00 bits per heavy atom. The van der Waals surface area contributed by atoms with Crippen LogP contribution in [0.5, 0.6) is 0 Å². The van der Waals surface area contributed by atoms with Crippen molar-refractivity contribution in [3.63, 3.8) is 0 Å². The molecule has 1 aromatic carbocycles. The number of carbonyl (C=O) groups is 1. The summed E-state index contributed by atoms with van der Waals surface area (Å²) < 4.78 is 0. The van der Waals surface area contributed by atoms with Crippen molar-refractivity contribution in [3.8, 4) is 0 Å². The fourth-order valence-electron chi connectivity index (χ4n) is 1.12. The summed E-state index contributed by atoms with van der Waals surface area (Å²) in [6, 6.07) is 7.32. The molecule has 0 fully saturated rings. The number of nitrogens with zero attached hydrogens (tertiary/aromatic N) is 1. The van der Waals surface area contributed by atoms with E-state index in [1.807, 2.05) is 24.1 Å². The van der Waals surface area contributed by atoms with Crippen LogP contribution in [0, 0.1) is 0 Å². The topological polar surface area (TPSA) is 46.3 Å². The highest BCUT2D eigenvalue weighted by atomic mass is 35.5. The van der Waals surface area contributed by atoms with E-state index in [1.54, 1.807) is 12.1 Å². The lowest BCUT2D eigenvalue weighted by molar-refractivity contribution is -0.116. The van der Waals surface area contributed by atoms with Crippen LogP contribution in [0.15, 0.2) is 24.3 Å². The van der Waals surface area contributed by atoms with Crippen molar-refractivity contribution in [2.24, 2.45) is 5.73 Å². The van der Waals surface area contributed by atoms with Crippen molar-refractivity contribution in [3.05, 3.63) is 29.3 Å². The second kappa shape index (κ2) is 4.98. The summed E-state index contributed by atoms with van der Waals surface area (Å²) in [5, 5.41) is 0.687. The maximum atomic E-state index is 11.1. The third-order valence-electron chi connectivity index (χ3n) is 1.91. The molecule has 0 amide bonds. The molecule has 0 aliphatic carbocycles. The van der Waals surface area contributed by atoms with Crippen LogP contribution in [-0.4, -0.2) is 25.9 Å². The Kier molecular flexibility index (Phi) is 3.92. The molecule has 0 aliphatic rings. The normalized spacial score (nSPS) is 9.93. The predicted octanol–water partition coefficient (Wildman–Crippen LogP) is 1.30. The lowest BCUT2D eigenvalue weighted by Gasteiger charge is -2.17. The Bertz CT molecular complexity index is 310. The van der Waals surface area contributed by atoms with E-state index in [0.717, 1.165) is 5.69 Å². The molecule has 0 heterocycles. The molecule has 0 atom stereocenters. The Hall–Kier alpha value is -1.06. The number of nitrogens with two attached hydrogens (primary N) is 1. The van der Waals surface area contributed by atoms with Crippen LogP contribution in [0.1, 0.15) is 0 Å². The largest absolute Gasteiger partial charge is 0.367 e. The fraction of sp³-hybridized carbons (Fsp3) is 0.300. The van der Waals surface area contributed by atoms with Crippen LogP contribution < -0.4 is 10.6 Å². The van der Waals surface area contributed by atoms with Crippen LogP contribution in [0.4, 0.5) is 5.69 Å². The van der Waals surface area contributed by atoms with E-state index in [0.29, 0.717) is 11.6 Å². The fourth-order valence-corrected chi connectivity index (χ4v) is 1.24. The molecule has 0 radical (unpaired) electrons. The van der Waals surface area contributed by atoms with Crippen LogP contribution in [0.2, 0.25) is 5.02 Å². The molecule has 0 saturated carbocycles. The van der Waals surface area contributed by atoms with Gasteiger partial charge in [-0.1, -0.05) is 11.6 Å². The van der Waals surface area contributed by atoms with Crippen LogP contribution >= 0.6 is 11.6 Å². The number of hydrogen-bond acceptors (Lipinski definition) is 3. The molecule has 1 rings (SSSR count). The van der Waals surface area contributed by atoms with Gasteiger partial charge in [-0.05, 0) is 24.3 Å². The van der Waals surface area contributed by atoms with Gasteiger partial charge in [-0.2, -0.15) is 0 Å². The Morgan fingerprint density at radius 1 is 1.43 bits per heavy atom. The zero-order valence-corrected chi connectivity index (χ0v) is 8.79. The van der Waals surface area contributed by atoms with Crippen molar-refractivity contribution in [2.75, 3.05) is 25.0 Å². The molecule has 1 aromatic rings. The van der Waals surface area contributed by atoms with Gasteiger partial charge in [0.25, 0.3) is 0 Å². The minimum atomic E-state index is 0.0162. The third-order valence-corrected chi connectivity index (χ3v) is 2.16. The summed E-state index contributed by atoms with van der Waals surface area (Å²) in [5.74, 6) is 0.0162. The lowest BCUT2D eigenvalue weighted by Crippen LogP contribution is -2.29. The Labute approximate surface area is 88.5 Å². The molecule has 3 nitrogen and oxygen atoms in total. The van der Waals surface area contributed by atoms with E-state index in [-0.39, 0.29) is 12.3 Å². The van der Waals surface area contributed by atoms with Gasteiger partial charge in [0.05, 0.1) is 13.1 Å². The Morgan fingerprint density at radius 3 is 2.50 bits per heavy atom. The summed E-state index contributed by atoms with van der Waals surface area (Å²) in [4.78, 5) is 12.9. The smallest absolute Gasteiger partial charge is 0.165 e. The van der Waals surface area contributed by atoms with Crippen LogP contribution in [-0.2, 0) is 4.79 Å². The number of hydrogen-bond donors (Lipinski definition) is 1. The maximum absolute atomic E-state index is 11.1. The molecule has 0 aliphatic heterocycles. The van der Waals surface area contributed by atoms with E-state index in [4.69, 9.17) is 17.3 Å². The number of rotatable bonds is 4.